The Kier molecular flexibility index (Phi) is 16.6. The number of hydrogen-bond donors (Lipinski definition) is 4. The minimum atomic E-state index is -1.60. The highest BCUT2D eigenvalue weighted by Gasteiger charge is 2.65. The van der Waals surface area contributed by atoms with E-state index < -0.39 is 70.2 Å². The molecule has 8 atom stereocenters. The van der Waals surface area contributed by atoms with Crippen molar-refractivity contribution in [3.8, 4) is 11.5 Å². The zero-order valence-corrected chi connectivity index (χ0v) is 51.4. The van der Waals surface area contributed by atoms with E-state index in [0.29, 0.717) is 56.0 Å². The van der Waals surface area contributed by atoms with Crippen LogP contribution in [0.15, 0.2) is 291 Å². The number of ether oxygens (including phenoxy) is 6. The van der Waals surface area contributed by atoms with Crippen LogP contribution in [0.4, 0.5) is 0 Å². The van der Waals surface area contributed by atoms with Crippen molar-refractivity contribution in [2.45, 2.75) is 97.9 Å². The second-order valence-electron chi connectivity index (χ2n) is 25.0. The molecule has 0 bridgehead atoms. The van der Waals surface area contributed by atoms with Crippen molar-refractivity contribution >= 4 is 11.9 Å². The third kappa shape index (κ3) is 11.0. The lowest BCUT2D eigenvalue weighted by atomic mass is 9.51. The van der Waals surface area contributed by atoms with E-state index in [0.717, 1.165) is 11.1 Å². The van der Waals surface area contributed by atoms with Crippen LogP contribution in [0.1, 0.15) is 95.2 Å². The highest BCUT2D eigenvalue weighted by molar-refractivity contribution is 5.92. The highest BCUT2D eigenvalue weighted by Crippen LogP contribution is 2.65. The Morgan fingerprint density at radius 2 is 0.435 bits per heavy atom. The van der Waals surface area contributed by atoms with Gasteiger partial charge in [0.1, 0.15) is 58.3 Å². The Bertz CT molecular complexity index is 3530. The Hall–Kier alpha value is -9.18. The zero-order valence-electron chi connectivity index (χ0n) is 51.4. The fourth-order valence-electron chi connectivity index (χ4n) is 14.4. The summed E-state index contributed by atoms with van der Waals surface area (Å²) in [5.41, 5.74) is 0.895. The smallest absolute Gasteiger partial charge is 0.315 e. The van der Waals surface area contributed by atoms with Gasteiger partial charge in [0.05, 0.1) is 11.8 Å². The van der Waals surface area contributed by atoms with E-state index >= 15 is 0 Å². The van der Waals surface area contributed by atoms with E-state index in [-0.39, 0.29) is 23.8 Å². The van der Waals surface area contributed by atoms with Gasteiger partial charge < -0.3 is 48.8 Å². The molecular formula is C80H72O12. The quantitative estimate of drug-likeness (QED) is 0.0675. The Labute approximate surface area is 535 Å². The van der Waals surface area contributed by atoms with Gasteiger partial charge in [-0.1, -0.05) is 279 Å². The van der Waals surface area contributed by atoms with Crippen molar-refractivity contribution in [2.75, 3.05) is 0 Å². The first-order valence-electron chi connectivity index (χ1n) is 31.1. The molecule has 10 aromatic carbocycles. The number of para-hydroxylation sites is 2. The third-order valence-electron chi connectivity index (χ3n) is 18.6. The van der Waals surface area contributed by atoms with Crippen molar-refractivity contribution in [1.29, 1.82) is 0 Å². The van der Waals surface area contributed by atoms with Crippen LogP contribution in [0.25, 0.3) is 0 Å². The van der Waals surface area contributed by atoms with Crippen molar-refractivity contribution in [2.24, 2.45) is 11.8 Å². The highest BCUT2D eigenvalue weighted by atomic mass is 16.8. The van der Waals surface area contributed by atoms with Gasteiger partial charge in [0.25, 0.3) is 0 Å². The first-order chi connectivity index (χ1) is 44.5. The van der Waals surface area contributed by atoms with Crippen molar-refractivity contribution < 1.29 is 58.4 Å². The summed E-state index contributed by atoms with van der Waals surface area (Å²) in [4.78, 5) is 24.6. The molecule has 10 aromatic rings. The van der Waals surface area contributed by atoms with Crippen molar-refractivity contribution in [1.82, 2.24) is 0 Å². The van der Waals surface area contributed by atoms with Gasteiger partial charge in [-0.15, -0.1) is 0 Å². The molecule has 0 spiro atoms. The van der Waals surface area contributed by atoms with Crippen LogP contribution in [-0.4, -0.2) is 68.4 Å². The number of hydrogen-bond acceptors (Lipinski definition) is 12. The van der Waals surface area contributed by atoms with Gasteiger partial charge in [0.15, 0.2) is 11.6 Å². The Morgan fingerprint density at radius 3 is 0.630 bits per heavy atom. The van der Waals surface area contributed by atoms with E-state index in [1.807, 2.05) is 319 Å². The molecule has 5 aliphatic rings. The molecule has 2 saturated heterocycles. The summed E-state index contributed by atoms with van der Waals surface area (Å²) in [7, 11) is 0. The predicted molar refractivity (Wildman–Crippen MR) is 348 cm³/mol. The van der Waals surface area contributed by atoms with Crippen LogP contribution in [0.5, 0.6) is 11.5 Å². The lowest BCUT2D eigenvalue weighted by Gasteiger charge is -2.53. The van der Waals surface area contributed by atoms with E-state index in [2.05, 4.69) is 0 Å². The van der Waals surface area contributed by atoms with E-state index in [1.165, 1.54) is 0 Å². The second-order valence-corrected chi connectivity index (χ2v) is 25.0. The predicted octanol–water partition coefficient (Wildman–Crippen LogP) is 13.4. The zero-order chi connectivity index (χ0) is 63.9. The maximum absolute atomic E-state index is 12.6. The first kappa shape index (κ1) is 61.7. The molecule has 4 heterocycles. The van der Waals surface area contributed by atoms with Gasteiger partial charge in [-0.05, 0) is 95.5 Å². The average Bonchev–Trinajstić information content (AvgIpc) is 0.886. The summed E-state index contributed by atoms with van der Waals surface area (Å²) in [6, 6.07) is 90.7. The lowest BCUT2D eigenvalue weighted by molar-refractivity contribution is -0.172. The topological polar surface area (TPSA) is 170 Å². The van der Waals surface area contributed by atoms with Crippen LogP contribution in [-0.2, 0) is 50.9 Å². The largest absolute Gasteiger partial charge is 0.426 e. The van der Waals surface area contributed by atoms with Crippen LogP contribution in [0, 0.1) is 11.8 Å². The monoisotopic (exact) mass is 1220 g/mol. The minimum absolute atomic E-state index is 0.00329. The number of carbonyl (C=O) groups excluding carboxylic acids is 2. The standard InChI is InChI=1S/2C31H30O4.C18H12O4/c2*1-29(2)34-27(30(32,23-15-7-3-8-16-23)24-17-9-4-10-18-24)28(35-29)31(33,25-19-11-5-12-20-25)26-21-13-6-14-22-26;19-17-15-13(9-5-1-3-7-11(9)21-17)14-10-6-2-4-8-12(10)22-18(20)16(14)15/h2*3-22,27-28,32-33H,1-2H3;1-8,13-16H/t2*27-,28-;13-,14-,15-,16-/m110/s1. The summed E-state index contributed by atoms with van der Waals surface area (Å²) in [5, 5.41) is 50.4. The van der Waals surface area contributed by atoms with Crippen LogP contribution >= 0.6 is 0 Å². The molecule has 15 rings (SSSR count). The SMILES string of the molecule is CC1(C)O[C@@H](C(O)(c2ccccc2)c2ccccc2)[C@H](C(O)(c2ccccc2)c2ccccc2)O1.CC1(C)O[C@@H](C(O)(c2ccccc2)c2ccccc2)[C@H](C(O)(c2ccccc2)c2ccccc2)O1.O=C1Oc2ccccc2[C@@H]2[C@H]1[C@H]1C(=O)Oc3ccccc3[C@H]12. The summed E-state index contributed by atoms with van der Waals surface area (Å²) in [6.45, 7) is 7.25. The Morgan fingerprint density at radius 1 is 0.261 bits per heavy atom. The van der Waals surface area contributed by atoms with E-state index in [1.54, 1.807) is 0 Å². The summed E-state index contributed by atoms with van der Waals surface area (Å²) in [6.07, 6.45) is -3.75. The van der Waals surface area contributed by atoms with Crippen LogP contribution in [0.3, 0.4) is 0 Å². The maximum Gasteiger partial charge on any atom is 0.315 e. The molecule has 1 saturated carbocycles. The Balaban J connectivity index is 0.000000129. The van der Waals surface area contributed by atoms with E-state index in [4.69, 9.17) is 28.4 Å². The molecule has 12 nitrogen and oxygen atoms in total. The van der Waals surface area contributed by atoms with Gasteiger partial charge in [-0.3, -0.25) is 9.59 Å². The fourth-order valence-corrected chi connectivity index (χ4v) is 14.4. The molecule has 4 N–H and O–H groups in total. The minimum Gasteiger partial charge on any atom is -0.426 e. The normalized spacial score (nSPS) is 22.6. The number of rotatable bonds is 12. The fraction of sp³-hybridized carbons (Fsp3) is 0.225. The second kappa shape index (κ2) is 24.8. The molecule has 0 amide bonds. The van der Waals surface area contributed by atoms with Gasteiger partial charge in [0, 0.05) is 11.8 Å². The third-order valence-corrected chi connectivity index (χ3v) is 18.6. The molecule has 12 heteroatoms. The van der Waals surface area contributed by atoms with Crippen molar-refractivity contribution in [3.63, 3.8) is 0 Å². The molecule has 92 heavy (non-hydrogen) atoms. The number of aliphatic hydroxyl groups is 4. The molecular weight excluding hydrogens is 1150 g/mol. The molecule has 0 radical (unpaired) electrons. The summed E-state index contributed by atoms with van der Waals surface area (Å²) < 4.78 is 36.8. The molecule has 0 unspecified atom stereocenters. The van der Waals surface area contributed by atoms with Crippen LogP contribution in [0.2, 0.25) is 0 Å². The van der Waals surface area contributed by atoms with Gasteiger partial charge in [-0.25, -0.2) is 0 Å². The van der Waals surface area contributed by atoms with Gasteiger partial charge in [0.2, 0.25) is 0 Å². The number of esters is 2. The molecule has 4 aliphatic heterocycles. The summed E-state index contributed by atoms with van der Waals surface area (Å²) >= 11 is 0. The molecule has 0 aromatic heterocycles. The van der Waals surface area contributed by atoms with Crippen LogP contribution < -0.4 is 9.47 Å². The summed E-state index contributed by atoms with van der Waals surface area (Å²) in [5.74, 6) is -2.38. The number of benzene rings is 10. The van der Waals surface area contributed by atoms with E-state index in [9.17, 15) is 30.0 Å². The van der Waals surface area contributed by atoms with Gasteiger partial charge in [-0.2, -0.15) is 0 Å². The maximum atomic E-state index is 12.6. The molecule has 464 valence electrons. The molecule has 3 fully saturated rings. The first-order valence-corrected chi connectivity index (χ1v) is 31.1. The number of carbonyl (C=O) groups is 2. The van der Waals surface area contributed by atoms with Crippen molar-refractivity contribution in [3.05, 3.63) is 347 Å². The molecule has 1 aliphatic carbocycles. The van der Waals surface area contributed by atoms with Gasteiger partial charge >= 0.3 is 11.9 Å². The number of fused-ring (bicyclic) bond motifs is 8. The average molecular weight is 1230 g/mol. The lowest BCUT2D eigenvalue weighted by Crippen LogP contribution is -2.57.